The van der Waals surface area contributed by atoms with Gasteiger partial charge in [-0.25, -0.2) is 0 Å². The van der Waals surface area contributed by atoms with Crippen LogP contribution in [0.2, 0.25) is 0 Å². The number of thiocarbonyl (C=S) groups is 1. The summed E-state index contributed by atoms with van der Waals surface area (Å²) in [6.07, 6.45) is 7.29. The average molecular weight is 230 g/mol. The Morgan fingerprint density at radius 2 is 1.93 bits per heavy atom. The van der Waals surface area contributed by atoms with E-state index < -0.39 is 0 Å². The molecule has 88 valence electrons. The Balaban J connectivity index is 2.36. The summed E-state index contributed by atoms with van der Waals surface area (Å²) in [7, 11) is 0. The smallest absolute Gasteiger partial charge is 0.0740 e. The lowest BCUT2D eigenvalue weighted by molar-refractivity contribution is 0.127. The van der Waals surface area contributed by atoms with Gasteiger partial charge in [-0.3, -0.25) is 4.90 Å². The second-order valence-electron chi connectivity index (χ2n) is 4.27. The normalized spacial score (nSPS) is 18.3. The molecular weight excluding hydrogens is 208 g/mol. The number of nitrogens with two attached hydrogens (primary N) is 1. The molecule has 0 aromatic heterocycles. The molecular formula is C11H22N2OS. The van der Waals surface area contributed by atoms with E-state index >= 15 is 0 Å². The molecule has 0 amide bonds. The van der Waals surface area contributed by atoms with Gasteiger partial charge in [-0.05, 0) is 12.8 Å². The predicted octanol–water partition coefficient (Wildman–Crippen LogP) is 1.29. The lowest BCUT2D eigenvalue weighted by Crippen LogP contribution is -2.40. The van der Waals surface area contributed by atoms with Crippen molar-refractivity contribution >= 4 is 17.2 Å². The first kappa shape index (κ1) is 12.9. The van der Waals surface area contributed by atoms with Crippen molar-refractivity contribution in [3.05, 3.63) is 0 Å². The van der Waals surface area contributed by atoms with Gasteiger partial charge in [0.25, 0.3) is 0 Å². The third kappa shape index (κ3) is 4.91. The Labute approximate surface area is 97.6 Å². The van der Waals surface area contributed by atoms with Crippen LogP contribution in [-0.4, -0.2) is 40.7 Å². The van der Waals surface area contributed by atoms with E-state index in [0.717, 1.165) is 19.5 Å². The number of rotatable bonds is 6. The topological polar surface area (TPSA) is 49.5 Å². The molecule has 0 unspecified atom stereocenters. The molecule has 1 aliphatic carbocycles. The Bertz CT molecular complexity index is 193. The summed E-state index contributed by atoms with van der Waals surface area (Å²) < 4.78 is 0. The largest absolute Gasteiger partial charge is 0.395 e. The second-order valence-corrected chi connectivity index (χ2v) is 4.79. The molecule has 15 heavy (non-hydrogen) atoms. The van der Waals surface area contributed by atoms with Crippen LogP contribution in [0.25, 0.3) is 0 Å². The molecule has 1 aliphatic rings. The van der Waals surface area contributed by atoms with Crippen LogP contribution in [0.4, 0.5) is 0 Å². The highest BCUT2D eigenvalue weighted by atomic mass is 32.1. The third-order valence-corrected chi connectivity index (χ3v) is 3.33. The zero-order chi connectivity index (χ0) is 11.1. The number of nitrogens with zero attached hydrogens (tertiary/aromatic N) is 1. The maximum absolute atomic E-state index is 9.03. The monoisotopic (exact) mass is 230 g/mol. The van der Waals surface area contributed by atoms with Crippen LogP contribution in [0.1, 0.15) is 38.5 Å². The van der Waals surface area contributed by atoms with Crippen LogP contribution < -0.4 is 5.73 Å². The van der Waals surface area contributed by atoms with E-state index in [-0.39, 0.29) is 6.61 Å². The van der Waals surface area contributed by atoms with Crippen molar-refractivity contribution in [2.75, 3.05) is 19.7 Å². The molecule has 0 bridgehead atoms. The summed E-state index contributed by atoms with van der Waals surface area (Å²) in [5.74, 6) is 0. The zero-order valence-electron chi connectivity index (χ0n) is 9.32. The first-order valence-electron chi connectivity index (χ1n) is 5.87. The van der Waals surface area contributed by atoms with Crippen molar-refractivity contribution < 1.29 is 5.11 Å². The highest BCUT2D eigenvalue weighted by Crippen LogP contribution is 2.22. The van der Waals surface area contributed by atoms with Crippen LogP contribution in [0.5, 0.6) is 0 Å². The SMILES string of the molecule is NC(=S)CCN(CCO)C1CCCCC1. The molecule has 0 heterocycles. The van der Waals surface area contributed by atoms with Gasteiger partial charge in [0.15, 0.2) is 0 Å². The average Bonchev–Trinajstić information content (AvgIpc) is 2.25. The third-order valence-electron chi connectivity index (χ3n) is 3.12. The molecule has 1 saturated carbocycles. The van der Waals surface area contributed by atoms with Crippen LogP contribution in [0.3, 0.4) is 0 Å². The number of aliphatic hydroxyl groups excluding tert-OH is 1. The molecule has 1 fully saturated rings. The predicted molar refractivity (Wildman–Crippen MR) is 66.9 cm³/mol. The molecule has 3 nitrogen and oxygen atoms in total. The molecule has 0 spiro atoms. The van der Waals surface area contributed by atoms with Crippen LogP contribution in [0, 0.1) is 0 Å². The van der Waals surface area contributed by atoms with Crippen molar-refractivity contribution in [1.82, 2.24) is 4.90 Å². The Hall–Kier alpha value is -0.190. The fourth-order valence-corrected chi connectivity index (χ4v) is 2.40. The van der Waals surface area contributed by atoms with Gasteiger partial charge in [0.2, 0.25) is 0 Å². The maximum Gasteiger partial charge on any atom is 0.0740 e. The van der Waals surface area contributed by atoms with Crippen LogP contribution in [0.15, 0.2) is 0 Å². The Kier molecular flexibility index (Phi) is 6.13. The molecule has 0 radical (unpaired) electrons. The van der Waals surface area contributed by atoms with E-state index in [2.05, 4.69) is 4.90 Å². The fourth-order valence-electron chi connectivity index (χ4n) is 2.31. The molecule has 3 N–H and O–H groups in total. The minimum atomic E-state index is 0.230. The van der Waals surface area contributed by atoms with Gasteiger partial charge in [-0.2, -0.15) is 0 Å². The van der Waals surface area contributed by atoms with Gasteiger partial charge >= 0.3 is 0 Å². The van der Waals surface area contributed by atoms with Crippen molar-refractivity contribution in [2.24, 2.45) is 5.73 Å². The molecule has 0 aromatic carbocycles. The zero-order valence-corrected chi connectivity index (χ0v) is 10.1. The lowest BCUT2D eigenvalue weighted by atomic mass is 9.94. The summed E-state index contributed by atoms with van der Waals surface area (Å²) >= 11 is 4.89. The van der Waals surface area contributed by atoms with Crippen molar-refractivity contribution in [2.45, 2.75) is 44.6 Å². The summed E-state index contributed by atoms with van der Waals surface area (Å²) in [5.41, 5.74) is 5.51. The quantitative estimate of drug-likeness (QED) is 0.675. The first-order valence-corrected chi connectivity index (χ1v) is 6.28. The number of hydrogen-bond acceptors (Lipinski definition) is 3. The van der Waals surface area contributed by atoms with E-state index in [0.29, 0.717) is 11.0 Å². The van der Waals surface area contributed by atoms with Crippen molar-refractivity contribution in [3.8, 4) is 0 Å². The van der Waals surface area contributed by atoms with Crippen molar-refractivity contribution in [3.63, 3.8) is 0 Å². The van der Waals surface area contributed by atoms with Gasteiger partial charge in [-0.15, -0.1) is 0 Å². The fraction of sp³-hybridized carbons (Fsp3) is 0.909. The molecule has 4 heteroatoms. The summed E-state index contributed by atoms with van der Waals surface area (Å²) in [6, 6.07) is 0.639. The summed E-state index contributed by atoms with van der Waals surface area (Å²) in [4.78, 5) is 2.92. The summed E-state index contributed by atoms with van der Waals surface area (Å²) in [6.45, 7) is 1.89. The Morgan fingerprint density at radius 3 is 2.47 bits per heavy atom. The first-order chi connectivity index (χ1) is 7.24. The second kappa shape index (κ2) is 7.14. The molecule has 1 rings (SSSR count). The maximum atomic E-state index is 9.03. The van der Waals surface area contributed by atoms with Crippen molar-refractivity contribution in [1.29, 1.82) is 0 Å². The minimum Gasteiger partial charge on any atom is -0.395 e. The molecule has 0 aromatic rings. The number of aliphatic hydroxyl groups is 1. The van der Waals surface area contributed by atoms with Gasteiger partial charge in [0.1, 0.15) is 0 Å². The van der Waals surface area contributed by atoms with E-state index in [1.165, 1.54) is 32.1 Å². The molecule has 0 aliphatic heterocycles. The standard InChI is InChI=1S/C11H22N2OS/c12-11(15)6-7-13(8-9-14)10-4-2-1-3-5-10/h10,14H,1-9H2,(H2,12,15). The summed E-state index contributed by atoms with van der Waals surface area (Å²) in [5, 5.41) is 9.03. The van der Waals surface area contributed by atoms with E-state index in [9.17, 15) is 0 Å². The minimum absolute atomic E-state index is 0.230. The highest BCUT2D eigenvalue weighted by Gasteiger charge is 2.20. The van der Waals surface area contributed by atoms with Gasteiger partial charge < -0.3 is 10.8 Å². The molecule has 0 atom stereocenters. The van der Waals surface area contributed by atoms with Crippen LogP contribution in [-0.2, 0) is 0 Å². The van der Waals surface area contributed by atoms with Crippen LogP contribution >= 0.6 is 12.2 Å². The van der Waals surface area contributed by atoms with E-state index in [1.807, 2.05) is 0 Å². The molecule has 0 saturated heterocycles. The lowest BCUT2D eigenvalue weighted by Gasteiger charge is -2.33. The van der Waals surface area contributed by atoms with E-state index in [1.54, 1.807) is 0 Å². The van der Waals surface area contributed by atoms with Gasteiger partial charge in [-0.1, -0.05) is 31.5 Å². The van der Waals surface area contributed by atoms with E-state index in [4.69, 9.17) is 23.1 Å². The Morgan fingerprint density at radius 1 is 1.27 bits per heavy atom. The number of hydrogen-bond donors (Lipinski definition) is 2. The van der Waals surface area contributed by atoms with Gasteiger partial charge in [0.05, 0.1) is 11.6 Å². The highest BCUT2D eigenvalue weighted by molar-refractivity contribution is 7.80. The van der Waals surface area contributed by atoms with Gasteiger partial charge in [0, 0.05) is 25.6 Å².